The van der Waals surface area contributed by atoms with Crippen LogP contribution in [0, 0.1) is 0 Å². The third-order valence-corrected chi connectivity index (χ3v) is 6.21. The Morgan fingerprint density at radius 1 is 1.09 bits per heavy atom. The number of rotatable bonds is 6. The molecule has 0 aliphatic rings. The third kappa shape index (κ3) is 3.76. The second kappa shape index (κ2) is 8.32. The highest BCUT2D eigenvalue weighted by Gasteiger charge is 2.23. The molecule has 0 aliphatic carbocycles. The molecule has 0 aliphatic heterocycles. The molecule has 0 spiro atoms. The van der Waals surface area contributed by atoms with Crippen LogP contribution in [-0.4, -0.2) is 22.6 Å². The molecule has 2 heterocycles. The summed E-state index contributed by atoms with van der Waals surface area (Å²) in [5, 5.41) is 0.558. The number of thiazole rings is 1. The van der Waals surface area contributed by atoms with E-state index in [0.29, 0.717) is 22.8 Å². The van der Waals surface area contributed by atoms with Crippen LogP contribution in [0.1, 0.15) is 5.56 Å². The number of fused-ring (bicyclic) bond motifs is 2. The van der Waals surface area contributed by atoms with E-state index in [1.54, 1.807) is 36.3 Å². The van der Waals surface area contributed by atoms with Crippen LogP contribution < -0.4 is 15.4 Å². The molecule has 32 heavy (non-hydrogen) atoms. The first-order chi connectivity index (χ1) is 15.6. The Morgan fingerprint density at radius 2 is 1.88 bits per heavy atom. The summed E-state index contributed by atoms with van der Waals surface area (Å²) in [7, 11) is 1.61. The molecular weight excluding hydrogens is 426 g/mol. The van der Waals surface area contributed by atoms with Crippen molar-refractivity contribution in [2.24, 2.45) is 0 Å². The zero-order valence-electron chi connectivity index (χ0n) is 17.2. The number of benzene rings is 3. The minimum atomic E-state index is -0.562. The van der Waals surface area contributed by atoms with Gasteiger partial charge >= 0.3 is 5.76 Å². The number of hydrogen-bond acceptors (Lipinski definition) is 6. The van der Waals surface area contributed by atoms with Gasteiger partial charge in [0.15, 0.2) is 10.7 Å². The Morgan fingerprint density at radius 3 is 2.69 bits per heavy atom. The average molecular weight is 446 g/mol. The number of aromatic nitrogens is 2. The SMILES string of the molecule is COc1ccc2nc(N(Cc3ccccc3)C(=O)Cn3c(=O)oc4ccccc43)sc2c1. The van der Waals surface area contributed by atoms with Crippen molar-refractivity contribution in [1.29, 1.82) is 0 Å². The second-order valence-electron chi connectivity index (χ2n) is 7.22. The Hall–Kier alpha value is -3.91. The Balaban J connectivity index is 1.54. The molecule has 0 saturated heterocycles. The summed E-state index contributed by atoms with van der Waals surface area (Å²) >= 11 is 1.41. The molecule has 2 aromatic heterocycles. The summed E-state index contributed by atoms with van der Waals surface area (Å²) in [5.41, 5.74) is 2.77. The molecule has 0 saturated carbocycles. The molecular formula is C24H19N3O4S. The summed E-state index contributed by atoms with van der Waals surface area (Å²) in [6, 6.07) is 22.4. The quantitative estimate of drug-likeness (QED) is 0.386. The zero-order chi connectivity index (χ0) is 22.1. The second-order valence-corrected chi connectivity index (χ2v) is 8.23. The number of methoxy groups -OCH3 is 1. The van der Waals surface area contributed by atoms with Gasteiger partial charge in [-0.1, -0.05) is 53.8 Å². The van der Waals surface area contributed by atoms with Gasteiger partial charge in [0.2, 0.25) is 5.91 Å². The fourth-order valence-corrected chi connectivity index (χ4v) is 4.56. The molecule has 0 fully saturated rings. The predicted molar refractivity (Wildman–Crippen MR) is 124 cm³/mol. The highest BCUT2D eigenvalue weighted by molar-refractivity contribution is 7.22. The number of anilines is 1. The molecule has 0 unspecified atom stereocenters. The standard InChI is InChI=1S/C24H19N3O4S/c1-30-17-11-12-18-21(13-17)32-23(25-18)27(14-16-7-3-2-4-8-16)22(28)15-26-19-9-5-6-10-20(19)31-24(26)29/h2-13H,14-15H2,1H3. The van der Waals surface area contributed by atoms with Gasteiger partial charge in [0.25, 0.3) is 0 Å². The Bertz CT molecular complexity index is 1470. The van der Waals surface area contributed by atoms with Crippen LogP contribution in [0.25, 0.3) is 21.3 Å². The van der Waals surface area contributed by atoms with E-state index in [-0.39, 0.29) is 12.5 Å². The Kier molecular flexibility index (Phi) is 5.20. The lowest BCUT2D eigenvalue weighted by molar-refractivity contribution is -0.119. The van der Waals surface area contributed by atoms with Crippen molar-refractivity contribution < 1.29 is 13.9 Å². The fourth-order valence-electron chi connectivity index (χ4n) is 3.55. The number of nitrogens with zero attached hydrogens (tertiary/aromatic N) is 3. The molecule has 0 N–H and O–H groups in total. The molecule has 160 valence electrons. The van der Waals surface area contributed by atoms with Gasteiger partial charge in [0, 0.05) is 0 Å². The van der Waals surface area contributed by atoms with Crippen molar-refractivity contribution in [3.05, 3.63) is 88.9 Å². The molecule has 0 radical (unpaired) electrons. The number of carbonyl (C=O) groups is 1. The van der Waals surface area contributed by atoms with Gasteiger partial charge in [-0.25, -0.2) is 9.78 Å². The largest absolute Gasteiger partial charge is 0.497 e. The van der Waals surface area contributed by atoms with Crippen LogP contribution in [-0.2, 0) is 17.9 Å². The zero-order valence-corrected chi connectivity index (χ0v) is 18.0. The smallest absolute Gasteiger partial charge is 0.420 e. The van der Waals surface area contributed by atoms with E-state index in [4.69, 9.17) is 9.15 Å². The molecule has 3 aromatic carbocycles. The lowest BCUT2D eigenvalue weighted by atomic mass is 10.2. The van der Waals surface area contributed by atoms with Crippen LogP contribution in [0.15, 0.2) is 82.0 Å². The first-order valence-electron chi connectivity index (χ1n) is 9.99. The molecule has 1 amide bonds. The number of oxazole rings is 1. The van der Waals surface area contributed by atoms with E-state index in [0.717, 1.165) is 21.5 Å². The van der Waals surface area contributed by atoms with E-state index in [1.807, 2.05) is 48.5 Å². The molecule has 5 aromatic rings. The normalized spacial score (nSPS) is 11.2. The van der Waals surface area contributed by atoms with Crippen LogP contribution in [0.2, 0.25) is 0 Å². The minimum absolute atomic E-state index is 0.151. The van der Waals surface area contributed by atoms with E-state index >= 15 is 0 Å². The van der Waals surface area contributed by atoms with Crippen molar-refractivity contribution >= 4 is 43.7 Å². The highest BCUT2D eigenvalue weighted by atomic mass is 32.1. The van der Waals surface area contributed by atoms with Crippen LogP contribution >= 0.6 is 11.3 Å². The molecule has 5 rings (SSSR count). The maximum absolute atomic E-state index is 13.5. The third-order valence-electron chi connectivity index (χ3n) is 5.17. The van der Waals surface area contributed by atoms with Crippen LogP contribution in [0.3, 0.4) is 0 Å². The van der Waals surface area contributed by atoms with Gasteiger partial charge in [0.05, 0.1) is 29.4 Å². The molecule has 8 heteroatoms. The van der Waals surface area contributed by atoms with Gasteiger partial charge in [-0.3, -0.25) is 14.3 Å². The molecule has 7 nitrogen and oxygen atoms in total. The monoisotopic (exact) mass is 445 g/mol. The van der Waals surface area contributed by atoms with Gasteiger partial charge in [0.1, 0.15) is 12.3 Å². The summed E-state index contributed by atoms with van der Waals surface area (Å²) in [6.07, 6.45) is 0. The average Bonchev–Trinajstić information content (AvgIpc) is 3.38. The van der Waals surface area contributed by atoms with Crippen LogP contribution in [0.5, 0.6) is 5.75 Å². The number of amides is 1. The first-order valence-corrected chi connectivity index (χ1v) is 10.8. The topological polar surface area (TPSA) is 77.6 Å². The minimum Gasteiger partial charge on any atom is -0.497 e. The fraction of sp³-hybridized carbons (Fsp3) is 0.125. The van der Waals surface area contributed by atoms with Crippen molar-refractivity contribution in [2.75, 3.05) is 12.0 Å². The highest BCUT2D eigenvalue weighted by Crippen LogP contribution is 2.32. The lowest BCUT2D eigenvalue weighted by Crippen LogP contribution is -2.35. The van der Waals surface area contributed by atoms with E-state index in [9.17, 15) is 9.59 Å². The number of para-hydroxylation sites is 2. The predicted octanol–water partition coefficient (Wildman–Crippen LogP) is 4.45. The summed E-state index contributed by atoms with van der Waals surface area (Å²) < 4.78 is 12.9. The number of hydrogen-bond donors (Lipinski definition) is 0. The van der Waals surface area contributed by atoms with Gasteiger partial charge in [-0.15, -0.1) is 0 Å². The first kappa shape index (κ1) is 20.0. The van der Waals surface area contributed by atoms with Crippen molar-refractivity contribution in [2.45, 2.75) is 13.1 Å². The number of carbonyl (C=O) groups excluding carboxylic acids is 1. The summed E-state index contributed by atoms with van der Waals surface area (Å²) in [6.45, 7) is 0.184. The van der Waals surface area contributed by atoms with E-state index < -0.39 is 5.76 Å². The molecule has 0 atom stereocenters. The Labute approximate surface area is 187 Å². The van der Waals surface area contributed by atoms with Gasteiger partial charge < -0.3 is 9.15 Å². The van der Waals surface area contributed by atoms with Crippen molar-refractivity contribution in [3.8, 4) is 5.75 Å². The summed E-state index contributed by atoms with van der Waals surface area (Å²) in [4.78, 5) is 32.2. The molecule has 0 bridgehead atoms. The maximum Gasteiger partial charge on any atom is 0.420 e. The number of ether oxygens (including phenoxy) is 1. The van der Waals surface area contributed by atoms with E-state index in [2.05, 4.69) is 4.98 Å². The van der Waals surface area contributed by atoms with E-state index in [1.165, 1.54) is 15.9 Å². The maximum atomic E-state index is 13.5. The van der Waals surface area contributed by atoms with Crippen LogP contribution in [0.4, 0.5) is 5.13 Å². The van der Waals surface area contributed by atoms with Gasteiger partial charge in [-0.2, -0.15) is 0 Å². The van der Waals surface area contributed by atoms with Crippen molar-refractivity contribution in [3.63, 3.8) is 0 Å². The van der Waals surface area contributed by atoms with Crippen molar-refractivity contribution in [1.82, 2.24) is 9.55 Å². The van der Waals surface area contributed by atoms with Gasteiger partial charge in [-0.05, 0) is 35.9 Å². The lowest BCUT2D eigenvalue weighted by Gasteiger charge is -2.20. The summed E-state index contributed by atoms with van der Waals surface area (Å²) in [5.74, 6) is -0.0909.